The van der Waals surface area contributed by atoms with Gasteiger partial charge in [-0.15, -0.1) is 0 Å². The summed E-state index contributed by atoms with van der Waals surface area (Å²) in [6.45, 7) is 4.12. The summed E-state index contributed by atoms with van der Waals surface area (Å²) in [6, 6.07) is 7.41. The number of rotatable bonds is 2. The molecule has 21 heavy (non-hydrogen) atoms. The zero-order valence-corrected chi connectivity index (χ0v) is 11.9. The minimum absolute atomic E-state index is 0.169. The number of anilines is 1. The van der Waals surface area contributed by atoms with Gasteiger partial charge in [-0.25, -0.2) is 9.37 Å². The van der Waals surface area contributed by atoms with E-state index in [1.165, 1.54) is 17.8 Å². The highest BCUT2D eigenvalue weighted by Crippen LogP contribution is 2.26. The van der Waals surface area contributed by atoms with E-state index < -0.39 is 0 Å². The molecular formula is C16H19FN4. The van der Waals surface area contributed by atoms with E-state index in [-0.39, 0.29) is 5.82 Å². The fourth-order valence-electron chi connectivity index (χ4n) is 3.47. The molecule has 1 atom stereocenters. The first-order valence-corrected chi connectivity index (χ1v) is 7.55. The zero-order valence-electron chi connectivity index (χ0n) is 11.9. The molecule has 1 saturated heterocycles. The van der Waals surface area contributed by atoms with E-state index in [0.717, 1.165) is 38.3 Å². The van der Waals surface area contributed by atoms with Crippen LogP contribution in [0.3, 0.4) is 0 Å². The molecule has 1 fully saturated rings. The van der Waals surface area contributed by atoms with Gasteiger partial charge in [-0.3, -0.25) is 4.90 Å². The summed E-state index contributed by atoms with van der Waals surface area (Å²) in [4.78, 5) is 12.5. The number of fused-ring (bicyclic) bond motifs is 1. The number of nitrogens with one attached hydrogen (secondary N) is 1. The molecule has 1 unspecified atom stereocenters. The van der Waals surface area contributed by atoms with Crippen molar-refractivity contribution in [2.75, 3.05) is 24.5 Å². The topological polar surface area (TPSA) is 35.2 Å². The lowest BCUT2D eigenvalue weighted by atomic mass is 10.1. The van der Waals surface area contributed by atoms with Crippen molar-refractivity contribution in [3.8, 4) is 0 Å². The molecule has 0 bridgehead atoms. The summed E-state index contributed by atoms with van der Waals surface area (Å²) in [5.74, 6) is -0.169. The molecule has 5 heteroatoms. The lowest BCUT2D eigenvalue weighted by Crippen LogP contribution is -2.41. The van der Waals surface area contributed by atoms with Crippen LogP contribution >= 0.6 is 0 Å². The zero-order chi connectivity index (χ0) is 14.2. The third-order valence-electron chi connectivity index (χ3n) is 4.68. The Morgan fingerprint density at radius 1 is 1.19 bits per heavy atom. The number of benzene rings is 1. The quantitative estimate of drug-likeness (QED) is 0.919. The smallest absolute Gasteiger partial charge is 0.123 e. The monoisotopic (exact) mass is 286 g/mol. The van der Waals surface area contributed by atoms with Crippen molar-refractivity contribution in [3.63, 3.8) is 0 Å². The molecule has 0 amide bonds. The molecule has 0 spiro atoms. The molecule has 4 rings (SSSR count). The molecule has 2 aliphatic rings. The predicted octanol–water partition coefficient (Wildman–Crippen LogP) is 2.19. The van der Waals surface area contributed by atoms with Gasteiger partial charge < -0.3 is 9.88 Å². The average molecular weight is 286 g/mol. The van der Waals surface area contributed by atoms with Gasteiger partial charge in [-0.2, -0.15) is 0 Å². The van der Waals surface area contributed by atoms with Crippen molar-refractivity contribution in [3.05, 3.63) is 47.8 Å². The molecule has 0 aliphatic carbocycles. The Hall–Kier alpha value is -1.88. The molecule has 0 radical (unpaired) electrons. The van der Waals surface area contributed by atoms with Crippen molar-refractivity contribution in [2.24, 2.45) is 0 Å². The van der Waals surface area contributed by atoms with Crippen molar-refractivity contribution in [2.45, 2.75) is 25.4 Å². The first-order valence-electron chi connectivity index (χ1n) is 7.55. The summed E-state index contributed by atoms with van der Waals surface area (Å²) in [5, 5.41) is 0. The van der Waals surface area contributed by atoms with Gasteiger partial charge in [0.1, 0.15) is 5.82 Å². The van der Waals surface area contributed by atoms with E-state index in [1.807, 2.05) is 12.1 Å². The van der Waals surface area contributed by atoms with Crippen LogP contribution in [0.5, 0.6) is 0 Å². The SMILES string of the molecule is Fc1ccc(N2CCC(N3CCc4nc[nH]c4C3)C2)cc1. The largest absolute Gasteiger partial charge is 0.370 e. The van der Waals surface area contributed by atoms with Gasteiger partial charge >= 0.3 is 0 Å². The Kier molecular flexibility index (Phi) is 3.15. The number of hydrogen-bond acceptors (Lipinski definition) is 3. The summed E-state index contributed by atoms with van der Waals surface area (Å²) in [7, 11) is 0. The number of H-pyrrole nitrogens is 1. The van der Waals surface area contributed by atoms with Crippen LogP contribution in [0, 0.1) is 5.82 Å². The average Bonchev–Trinajstić information content (AvgIpc) is 3.16. The van der Waals surface area contributed by atoms with Crippen molar-refractivity contribution in [1.82, 2.24) is 14.9 Å². The summed E-state index contributed by atoms with van der Waals surface area (Å²) < 4.78 is 13.0. The van der Waals surface area contributed by atoms with Crippen LogP contribution in [0.15, 0.2) is 30.6 Å². The van der Waals surface area contributed by atoms with Gasteiger partial charge in [-0.1, -0.05) is 0 Å². The van der Waals surface area contributed by atoms with Gasteiger partial charge in [0, 0.05) is 44.3 Å². The van der Waals surface area contributed by atoms with Crippen LogP contribution in [-0.2, 0) is 13.0 Å². The molecule has 4 nitrogen and oxygen atoms in total. The molecular weight excluding hydrogens is 267 g/mol. The number of halogens is 1. The predicted molar refractivity (Wildman–Crippen MR) is 79.7 cm³/mol. The molecule has 2 aromatic rings. The highest BCUT2D eigenvalue weighted by molar-refractivity contribution is 5.47. The maximum absolute atomic E-state index is 13.0. The lowest BCUT2D eigenvalue weighted by Gasteiger charge is -2.31. The van der Waals surface area contributed by atoms with Gasteiger partial charge in [0.05, 0.1) is 17.7 Å². The second kappa shape index (κ2) is 5.15. The third kappa shape index (κ3) is 2.42. The number of aromatic nitrogens is 2. The van der Waals surface area contributed by atoms with Crippen LogP contribution < -0.4 is 4.90 Å². The van der Waals surface area contributed by atoms with Crippen LogP contribution in [0.2, 0.25) is 0 Å². The highest BCUT2D eigenvalue weighted by atomic mass is 19.1. The number of hydrogen-bond donors (Lipinski definition) is 1. The van der Waals surface area contributed by atoms with Gasteiger partial charge in [0.25, 0.3) is 0 Å². The van der Waals surface area contributed by atoms with Crippen molar-refractivity contribution in [1.29, 1.82) is 0 Å². The van der Waals surface area contributed by atoms with Crippen LogP contribution in [0.25, 0.3) is 0 Å². The van der Waals surface area contributed by atoms with Crippen molar-refractivity contribution < 1.29 is 4.39 Å². The van der Waals surface area contributed by atoms with Gasteiger partial charge in [-0.05, 0) is 30.7 Å². The standard InChI is InChI=1S/C16H19FN4/c17-12-1-3-13(4-2-12)20-7-5-14(9-20)21-8-6-15-16(10-21)19-11-18-15/h1-4,11,14H,5-10H2,(H,18,19). The van der Waals surface area contributed by atoms with Gasteiger partial charge in [0.2, 0.25) is 0 Å². The van der Waals surface area contributed by atoms with E-state index in [4.69, 9.17) is 0 Å². The summed E-state index contributed by atoms with van der Waals surface area (Å²) >= 11 is 0. The first kappa shape index (κ1) is 12.8. The lowest BCUT2D eigenvalue weighted by molar-refractivity contribution is 0.188. The minimum Gasteiger partial charge on any atom is -0.370 e. The van der Waals surface area contributed by atoms with E-state index in [2.05, 4.69) is 19.8 Å². The Bertz CT molecular complexity index is 621. The maximum atomic E-state index is 13.0. The third-order valence-corrected chi connectivity index (χ3v) is 4.68. The van der Waals surface area contributed by atoms with Crippen LogP contribution in [-0.4, -0.2) is 40.5 Å². The van der Waals surface area contributed by atoms with Gasteiger partial charge in [0.15, 0.2) is 0 Å². The molecule has 1 N–H and O–H groups in total. The second-order valence-corrected chi connectivity index (χ2v) is 5.91. The van der Waals surface area contributed by atoms with E-state index in [0.29, 0.717) is 6.04 Å². The Morgan fingerprint density at radius 3 is 2.90 bits per heavy atom. The second-order valence-electron chi connectivity index (χ2n) is 5.91. The number of nitrogens with zero attached hydrogens (tertiary/aromatic N) is 3. The molecule has 1 aromatic heterocycles. The summed E-state index contributed by atoms with van der Waals surface area (Å²) in [5.41, 5.74) is 3.61. The molecule has 110 valence electrons. The Labute approximate surface area is 123 Å². The fraction of sp³-hybridized carbons (Fsp3) is 0.438. The Morgan fingerprint density at radius 2 is 2.05 bits per heavy atom. The Balaban J connectivity index is 1.44. The maximum Gasteiger partial charge on any atom is 0.123 e. The molecule has 1 aromatic carbocycles. The van der Waals surface area contributed by atoms with E-state index in [1.54, 1.807) is 18.5 Å². The highest BCUT2D eigenvalue weighted by Gasteiger charge is 2.30. The molecule has 2 aliphatic heterocycles. The van der Waals surface area contributed by atoms with E-state index in [9.17, 15) is 4.39 Å². The van der Waals surface area contributed by atoms with E-state index >= 15 is 0 Å². The summed E-state index contributed by atoms with van der Waals surface area (Å²) in [6.07, 6.45) is 4.00. The number of imidazole rings is 1. The fourth-order valence-corrected chi connectivity index (χ4v) is 3.47. The van der Waals surface area contributed by atoms with Crippen LogP contribution in [0.1, 0.15) is 17.8 Å². The van der Waals surface area contributed by atoms with Crippen molar-refractivity contribution >= 4 is 5.69 Å². The normalized spacial score (nSPS) is 22.5. The molecule has 0 saturated carbocycles. The van der Waals surface area contributed by atoms with Crippen LogP contribution in [0.4, 0.5) is 10.1 Å². The number of aromatic amines is 1. The first-order chi connectivity index (χ1) is 10.3. The minimum atomic E-state index is -0.169. The molecule has 3 heterocycles.